The minimum Gasteiger partial charge on any atom is -0.423 e. The SMILES string of the molecule is N#C/C(=C/c1ccc(OC(=O)c2ccc(F)c(F)c2F)cc1)c1cccc(Cl)c1. The Morgan fingerprint density at radius 1 is 1.00 bits per heavy atom. The molecule has 0 unspecified atom stereocenters. The molecule has 0 heterocycles. The maximum atomic E-state index is 13.7. The molecule has 0 saturated heterocycles. The molecule has 0 spiro atoms. The van der Waals surface area contributed by atoms with E-state index in [1.165, 1.54) is 12.1 Å². The molecule has 0 aliphatic rings. The van der Waals surface area contributed by atoms with Gasteiger partial charge in [0.25, 0.3) is 0 Å². The first-order valence-electron chi connectivity index (χ1n) is 8.22. The third-order valence-electron chi connectivity index (χ3n) is 3.91. The van der Waals surface area contributed by atoms with Crippen LogP contribution in [0, 0.1) is 28.8 Å². The first-order valence-corrected chi connectivity index (χ1v) is 8.60. The van der Waals surface area contributed by atoms with Crippen LogP contribution >= 0.6 is 11.6 Å². The molecule has 0 N–H and O–H groups in total. The minimum atomic E-state index is -1.75. The van der Waals surface area contributed by atoms with Gasteiger partial charge >= 0.3 is 5.97 Å². The Kier molecular flexibility index (Phi) is 6.01. The van der Waals surface area contributed by atoms with E-state index in [0.29, 0.717) is 27.8 Å². The molecule has 0 bridgehead atoms. The zero-order chi connectivity index (χ0) is 21.0. The number of rotatable bonds is 4. The molecule has 7 heteroatoms. The molecule has 3 nitrogen and oxygen atoms in total. The molecule has 0 amide bonds. The highest BCUT2D eigenvalue weighted by atomic mass is 35.5. The van der Waals surface area contributed by atoms with Crippen molar-refractivity contribution in [3.05, 3.63) is 99.8 Å². The number of esters is 1. The van der Waals surface area contributed by atoms with Crippen LogP contribution in [0.5, 0.6) is 5.75 Å². The molecule has 0 saturated carbocycles. The number of nitriles is 1. The second-order valence-electron chi connectivity index (χ2n) is 5.86. The molecular formula is C22H11ClF3NO2. The van der Waals surface area contributed by atoms with Crippen molar-refractivity contribution in [1.29, 1.82) is 5.26 Å². The van der Waals surface area contributed by atoms with Gasteiger partial charge in [-0.25, -0.2) is 18.0 Å². The molecule has 0 aromatic heterocycles. The van der Waals surface area contributed by atoms with Gasteiger partial charge in [-0.05, 0) is 53.6 Å². The lowest BCUT2D eigenvalue weighted by molar-refractivity contribution is 0.0728. The fourth-order valence-corrected chi connectivity index (χ4v) is 2.67. The summed E-state index contributed by atoms with van der Waals surface area (Å²) in [6.07, 6.45) is 1.62. The number of hydrogen-bond donors (Lipinski definition) is 0. The number of hydrogen-bond acceptors (Lipinski definition) is 3. The summed E-state index contributed by atoms with van der Waals surface area (Å²) in [5, 5.41) is 9.87. The average molecular weight is 414 g/mol. The second kappa shape index (κ2) is 8.63. The van der Waals surface area contributed by atoms with Crippen molar-refractivity contribution in [2.24, 2.45) is 0 Å². The molecule has 0 aliphatic carbocycles. The van der Waals surface area contributed by atoms with E-state index >= 15 is 0 Å². The van der Waals surface area contributed by atoms with Crippen molar-refractivity contribution in [3.63, 3.8) is 0 Å². The lowest BCUT2D eigenvalue weighted by Gasteiger charge is -2.07. The summed E-state index contributed by atoms with van der Waals surface area (Å²) in [5.74, 6) is -5.86. The van der Waals surface area contributed by atoms with Crippen molar-refractivity contribution in [2.75, 3.05) is 0 Å². The molecule has 3 rings (SSSR count). The van der Waals surface area contributed by atoms with Crippen LogP contribution < -0.4 is 4.74 Å². The Labute approximate surface area is 169 Å². The number of carbonyl (C=O) groups is 1. The van der Waals surface area contributed by atoms with Crippen molar-refractivity contribution >= 4 is 29.2 Å². The summed E-state index contributed by atoms with van der Waals surface area (Å²) < 4.78 is 44.9. The van der Waals surface area contributed by atoms with Gasteiger partial charge in [0.2, 0.25) is 0 Å². The molecule has 144 valence electrons. The predicted molar refractivity (Wildman–Crippen MR) is 103 cm³/mol. The molecule has 0 aliphatic heterocycles. The summed E-state index contributed by atoms with van der Waals surface area (Å²) in [5.41, 5.74) is 0.936. The number of benzene rings is 3. The van der Waals surface area contributed by atoms with E-state index in [0.717, 1.165) is 6.07 Å². The highest BCUT2D eigenvalue weighted by Gasteiger charge is 2.20. The van der Waals surface area contributed by atoms with Crippen LogP contribution in [0.25, 0.3) is 11.6 Å². The van der Waals surface area contributed by atoms with Crippen LogP contribution in [0.2, 0.25) is 5.02 Å². The third-order valence-corrected chi connectivity index (χ3v) is 4.15. The first kappa shape index (κ1) is 20.2. The zero-order valence-corrected chi connectivity index (χ0v) is 15.4. The molecular weight excluding hydrogens is 403 g/mol. The maximum Gasteiger partial charge on any atom is 0.346 e. The molecule has 0 radical (unpaired) electrons. The average Bonchev–Trinajstić information content (AvgIpc) is 2.71. The quantitative estimate of drug-likeness (QED) is 0.172. The number of halogens is 4. The minimum absolute atomic E-state index is 0.0672. The largest absolute Gasteiger partial charge is 0.423 e. The second-order valence-corrected chi connectivity index (χ2v) is 6.30. The van der Waals surface area contributed by atoms with Crippen LogP contribution in [-0.4, -0.2) is 5.97 Å². The normalized spacial score (nSPS) is 11.1. The molecule has 29 heavy (non-hydrogen) atoms. The third kappa shape index (κ3) is 4.65. The maximum absolute atomic E-state index is 13.7. The molecule has 3 aromatic rings. The van der Waals surface area contributed by atoms with Gasteiger partial charge in [0.1, 0.15) is 5.75 Å². The van der Waals surface area contributed by atoms with E-state index in [1.54, 1.807) is 42.5 Å². The van der Waals surface area contributed by atoms with Crippen LogP contribution in [0.15, 0.2) is 60.7 Å². The standard InChI is InChI=1S/C22H11ClF3NO2/c23-16-3-1-2-14(11-16)15(12-27)10-13-4-6-17(7-5-13)29-22(28)18-8-9-19(24)21(26)20(18)25/h1-11H/b15-10-. The Morgan fingerprint density at radius 3 is 2.38 bits per heavy atom. The van der Waals surface area contributed by atoms with Crippen LogP contribution in [-0.2, 0) is 0 Å². The number of nitrogens with zero attached hydrogens (tertiary/aromatic N) is 1. The monoisotopic (exact) mass is 413 g/mol. The molecule has 0 fully saturated rings. The lowest BCUT2D eigenvalue weighted by Crippen LogP contribution is -2.12. The van der Waals surface area contributed by atoms with Gasteiger partial charge in [-0.15, -0.1) is 0 Å². The van der Waals surface area contributed by atoms with Crippen molar-refractivity contribution in [2.45, 2.75) is 0 Å². The summed E-state index contributed by atoms with van der Waals surface area (Å²) in [4.78, 5) is 12.0. The van der Waals surface area contributed by atoms with Crippen LogP contribution in [0.4, 0.5) is 13.2 Å². The van der Waals surface area contributed by atoms with E-state index in [-0.39, 0.29) is 5.75 Å². The Balaban J connectivity index is 1.79. The number of allylic oxidation sites excluding steroid dienone is 1. The van der Waals surface area contributed by atoms with Crippen molar-refractivity contribution < 1.29 is 22.7 Å². The van der Waals surface area contributed by atoms with Crippen molar-refractivity contribution in [3.8, 4) is 11.8 Å². The zero-order valence-electron chi connectivity index (χ0n) is 14.6. The van der Waals surface area contributed by atoms with Crippen molar-refractivity contribution in [1.82, 2.24) is 0 Å². The topological polar surface area (TPSA) is 50.1 Å². The highest BCUT2D eigenvalue weighted by molar-refractivity contribution is 6.30. The van der Waals surface area contributed by atoms with Crippen LogP contribution in [0.1, 0.15) is 21.5 Å². The Morgan fingerprint density at radius 2 is 1.72 bits per heavy atom. The van der Waals surface area contributed by atoms with Gasteiger partial charge in [-0.2, -0.15) is 5.26 Å². The van der Waals surface area contributed by atoms with E-state index in [2.05, 4.69) is 6.07 Å². The molecule has 0 atom stereocenters. The summed E-state index contributed by atoms with van der Waals surface area (Å²) in [6.45, 7) is 0. The number of carbonyl (C=O) groups excluding carboxylic acids is 1. The fourth-order valence-electron chi connectivity index (χ4n) is 2.48. The predicted octanol–water partition coefficient (Wildman–Crippen LogP) is 6.04. The van der Waals surface area contributed by atoms with E-state index < -0.39 is 29.0 Å². The summed E-state index contributed by atoms with van der Waals surface area (Å²) >= 11 is 5.94. The van der Waals surface area contributed by atoms with Gasteiger partial charge in [-0.1, -0.05) is 35.9 Å². The Bertz CT molecular complexity index is 1150. The van der Waals surface area contributed by atoms with Gasteiger partial charge in [0.05, 0.1) is 17.2 Å². The summed E-state index contributed by atoms with van der Waals surface area (Å²) in [6, 6.07) is 16.4. The smallest absolute Gasteiger partial charge is 0.346 e. The first-order chi connectivity index (χ1) is 13.9. The molecule has 3 aromatic carbocycles. The van der Waals surface area contributed by atoms with E-state index in [1.807, 2.05) is 0 Å². The van der Waals surface area contributed by atoms with Crippen LogP contribution in [0.3, 0.4) is 0 Å². The summed E-state index contributed by atoms with van der Waals surface area (Å²) in [7, 11) is 0. The van der Waals surface area contributed by atoms with Gasteiger partial charge in [0, 0.05) is 5.02 Å². The van der Waals surface area contributed by atoms with E-state index in [4.69, 9.17) is 16.3 Å². The Hall–Kier alpha value is -3.56. The number of ether oxygens (including phenoxy) is 1. The van der Waals surface area contributed by atoms with E-state index in [9.17, 15) is 23.2 Å². The lowest BCUT2D eigenvalue weighted by atomic mass is 10.0. The van der Waals surface area contributed by atoms with Gasteiger partial charge < -0.3 is 4.74 Å². The highest BCUT2D eigenvalue weighted by Crippen LogP contribution is 2.23. The van der Waals surface area contributed by atoms with Gasteiger partial charge in [0.15, 0.2) is 17.5 Å². The fraction of sp³-hybridized carbons (Fsp3) is 0. The van der Waals surface area contributed by atoms with Gasteiger partial charge in [-0.3, -0.25) is 0 Å².